The Labute approximate surface area is 197 Å². The zero-order valence-corrected chi connectivity index (χ0v) is 18.2. The van der Waals surface area contributed by atoms with Crippen LogP contribution in [0.4, 0.5) is 17.1 Å². The van der Waals surface area contributed by atoms with Crippen LogP contribution in [0.25, 0.3) is 6.08 Å². The lowest BCUT2D eigenvalue weighted by molar-refractivity contribution is -0.113. The Morgan fingerprint density at radius 1 is 0.647 bits per heavy atom. The molecule has 0 bridgehead atoms. The van der Waals surface area contributed by atoms with Crippen LogP contribution in [0.3, 0.4) is 0 Å². The number of amides is 1. The summed E-state index contributed by atoms with van der Waals surface area (Å²) < 4.78 is 0. The van der Waals surface area contributed by atoms with Crippen molar-refractivity contribution in [2.75, 3.05) is 5.32 Å². The molecule has 0 fully saturated rings. The van der Waals surface area contributed by atoms with Gasteiger partial charge in [-0.15, -0.1) is 0 Å². The number of amidine groups is 2. The van der Waals surface area contributed by atoms with Crippen molar-refractivity contribution in [1.82, 2.24) is 4.90 Å². The van der Waals surface area contributed by atoms with Gasteiger partial charge in [-0.05, 0) is 35.9 Å². The normalized spacial score (nSPS) is 15.7. The summed E-state index contributed by atoms with van der Waals surface area (Å²) in [6, 6.07) is 35.2. The van der Waals surface area contributed by atoms with Crippen molar-refractivity contribution in [2.45, 2.75) is 0 Å². The number of fused-ring (bicyclic) bond motifs is 4. The van der Waals surface area contributed by atoms with Crippen LogP contribution < -0.4 is 5.32 Å². The van der Waals surface area contributed by atoms with Gasteiger partial charge in [0, 0.05) is 11.1 Å². The van der Waals surface area contributed by atoms with Gasteiger partial charge >= 0.3 is 0 Å². The van der Waals surface area contributed by atoms with E-state index in [2.05, 4.69) is 5.32 Å². The van der Waals surface area contributed by atoms with Gasteiger partial charge in [0.05, 0.1) is 17.1 Å². The van der Waals surface area contributed by atoms with Crippen LogP contribution in [-0.2, 0) is 4.79 Å². The Morgan fingerprint density at radius 2 is 1.24 bits per heavy atom. The van der Waals surface area contributed by atoms with E-state index in [9.17, 15) is 4.79 Å². The van der Waals surface area contributed by atoms with Gasteiger partial charge in [-0.2, -0.15) is 0 Å². The Balaban J connectivity index is 1.70. The van der Waals surface area contributed by atoms with Gasteiger partial charge in [0.2, 0.25) is 0 Å². The largest absolute Gasteiger partial charge is 0.320 e. The van der Waals surface area contributed by atoms with E-state index < -0.39 is 0 Å². The first-order valence-corrected chi connectivity index (χ1v) is 11.1. The van der Waals surface area contributed by atoms with Crippen molar-refractivity contribution < 1.29 is 4.79 Å². The second kappa shape index (κ2) is 8.30. The molecule has 6 rings (SSSR count). The van der Waals surface area contributed by atoms with Crippen molar-refractivity contribution in [3.8, 4) is 0 Å². The van der Waals surface area contributed by atoms with E-state index in [1.165, 1.54) is 0 Å². The zero-order valence-electron chi connectivity index (χ0n) is 18.2. The number of carbonyl (C=O) groups is 1. The maximum absolute atomic E-state index is 13.7. The molecule has 1 N–H and O–H groups in total. The summed E-state index contributed by atoms with van der Waals surface area (Å²) in [6.45, 7) is 0. The van der Waals surface area contributed by atoms with Gasteiger partial charge in [0.1, 0.15) is 17.4 Å². The predicted molar refractivity (Wildman–Crippen MR) is 137 cm³/mol. The highest BCUT2D eigenvalue weighted by molar-refractivity contribution is 6.27. The van der Waals surface area contributed by atoms with Crippen LogP contribution >= 0.6 is 0 Å². The highest BCUT2D eigenvalue weighted by atomic mass is 16.2. The molecule has 0 unspecified atom stereocenters. The van der Waals surface area contributed by atoms with Crippen LogP contribution in [-0.4, -0.2) is 22.5 Å². The van der Waals surface area contributed by atoms with Crippen LogP contribution in [0.5, 0.6) is 0 Å². The minimum Gasteiger partial charge on any atom is -0.320 e. The van der Waals surface area contributed by atoms with E-state index in [1.807, 2.05) is 120 Å². The fourth-order valence-corrected chi connectivity index (χ4v) is 4.18. The van der Waals surface area contributed by atoms with Gasteiger partial charge in [0.25, 0.3) is 5.91 Å². The number of benzene rings is 4. The maximum atomic E-state index is 13.7. The molecule has 0 aliphatic carbocycles. The monoisotopic (exact) mass is 440 g/mol. The molecule has 0 saturated heterocycles. The molecule has 0 spiro atoms. The minimum atomic E-state index is -0.226. The molecule has 0 radical (unpaired) electrons. The van der Waals surface area contributed by atoms with Crippen molar-refractivity contribution in [2.24, 2.45) is 9.98 Å². The first-order chi connectivity index (χ1) is 16.8. The summed E-state index contributed by atoms with van der Waals surface area (Å²) in [5.74, 6) is 1.05. The van der Waals surface area contributed by atoms with Crippen molar-refractivity contribution >= 4 is 40.7 Å². The molecule has 4 aromatic carbocycles. The van der Waals surface area contributed by atoms with Crippen LogP contribution in [0.15, 0.2) is 125 Å². The smallest absolute Gasteiger partial charge is 0.272 e. The van der Waals surface area contributed by atoms with E-state index in [4.69, 9.17) is 9.98 Å². The number of rotatable bonds is 2. The third-order valence-corrected chi connectivity index (χ3v) is 5.78. The number of hydrogen-bond acceptors (Lipinski definition) is 4. The van der Waals surface area contributed by atoms with Crippen molar-refractivity contribution in [3.05, 3.63) is 132 Å². The molecule has 1 amide bonds. The van der Waals surface area contributed by atoms with Gasteiger partial charge in [-0.1, -0.05) is 84.9 Å². The molecule has 162 valence electrons. The van der Waals surface area contributed by atoms with Crippen molar-refractivity contribution in [3.63, 3.8) is 0 Å². The highest BCUT2D eigenvalue weighted by Gasteiger charge is 2.34. The molecular weight excluding hydrogens is 420 g/mol. The fourth-order valence-electron chi connectivity index (χ4n) is 4.18. The summed E-state index contributed by atoms with van der Waals surface area (Å²) in [6.07, 6.45) is 1.88. The second-order valence-electron chi connectivity index (χ2n) is 8.00. The summed E-state index contributed by atoms with van der Waals surface area (Å²) in [4.78, 5) is 25.6. The zero-order chi connectivity index (χ0) is 22.9. The van der Waals surface area contributed by atoms with E-state index in [-0.39, 0.29) is 5.91 Å². The summed E-state index contributed by atoms with van der Waals surface area (Å²) in [5, 5.41) is 3.08. The molecule has 0 saturated carbocycles. The molecule has 0 aromatic heterocycles. The van der Waals surface area contributed by atoms with Gasteiger partial charge in [0.15, 0.2) is 0 Å². The number of para-hydroxylation sites is 3. The Kier molecular flexibility index (Phi) is 4.85. The standard InChI is InChI=1S/C29H20N4O/c34-29-26(19-20-11-3-1-4-12-20)33-27(21-13-5-2-6-14-21)30-24-17-9-10-18-25(24)31-28(33)22-15-7-8-16-23(22)32-29/h1-19H,(H,32,34)/b26-19+. The fraction of sp³-hybridized carbons (Fsp3) is 0. The number of hydrogen-bond donors (Lipinski definition) is 1. The topological polar surface area (TPSA) is 57.1 Å². The van der Waals surface area contributed by atoms with Gasteiger partial charge in [-0.25, -0.2) is 9.98 Å². The third kappa shape index (κ3) is 3.49. The van der Waals surface area contributed by atoms with E-state index in [1.54, 1.807) is 0 Å². The predicted octanol–water partition coefficient (Wildman–Crippen LogP) is 6.15. The van der Waals surface area contributed by atoms with E-state index in [0.717, 1.165) is 28.1 Å². The molecular formula is C29H20N4O. The average molecular weight is 441 g/mol. The van der Waals surface area contributed by atoms with Crippen LogP contribution in [0.1, 0.15) is 16.7 Å². The lowest BCUT2D eigenvalue weighted by Crippen LogP contribution is -2.38. The Morgan fingerprint density at radius 3 is 1.97 bits per heavy atom. The van der Waals surface area contributed by atoms with Gasteiger partial charge in [-0.3, -0.25) is 9.69 Å². The van der Waals surface area contributed by atoms with E-state index in [0.29, 0.717) is 23.1 Å². The first-order valence-electron chi connectivity index (χ1n) is 11.1. The number of nitrogens with one attached hydrogen (secondary N) is 1. The molecule has 2 aliphatic rings. The molecule has 5 nitrogen and oxygen atoms in total. The number of carbonyl (C=O) groups excluding carboxylic acids is 1. The SMILES string of the molecule is O=C1Nc2ccccc2C2=Nc3ccccc3N=C(c3ccccc3)N2/C1=C/c1ccccc1. The Hall–Kier alpha value is -4.77. The summed E-state index contributed by atoms with van der Waals surface area (Å²) >= 11 is 0. The van der Waals surface area contributed by atoms with Gasteiger partial charge < -0.3 is 5.32 Å². The molecule has 4 aromatic rings. The summed E-state index contributed by atoms with van der Waals surface area (Å²) in [5.41, 5.74) is 5.27. The van der Waals surface area contributed by atoms with Crippen LogP contribution in [0.2, 0.25) is 0 Å². The Bertz CT molecular complexity index is 1490. The average Bonchev–Trinajstić information content (AvgIpc) is 3.12. The van der Waals surface area contributed by atoms with Crippen molar-refractivity contribution in [1.29, 1.82) is 0 Å². The van der Waals surface area contributed by atoms with Crippen LogP contribution in [0, 0.1) is 0 Å². The molecule has 0 atom stereocenters. The summed E-state index contributed by atoms with van der Waals surface area (Å²) in [7, 11) is 0. The minimum absolute atomic E-state index is 0.226. The first kappa shape index (κ1) is 19.9. The molecule has 2 heterocycles. The molecule has 34 heavy (non-hydrogen) atoms. The number of nitrogens with zero attached hydrogens (tertiary/aromatic N) is 3. The maximum Gasteiger partial charge on any atom is 0.272 e. The molecule has 5 heteroatoms. The molecule has 2 aliphatic heterocycles. The lowest BCUT2D eigenvalue weighted by atomic mass is 10.1. The lowest BCUT2D eigenvalue weighted by Gasteiger charge is -2.26. The number of anilines is 1. The van der Waals surface area contributed by atoms with E-state index >= 15 is 0 Å². The highest BCUT2D eigenvalue weighted by Crippen LogP contribution is 2.37. The number of aliphatic imine (C=N–C) groups is 2. The third-order valence-electron chi connectivity index (χ3n) is 5.78. The second-order valence-corrected chi connectivity index (χ2v) is 8.00. The quantitative estimate of drug-likeness (QED) is 0.380.